The van der Waals surface area contributed by atoms with Crippen LogP contribution in [0.15, 0.2) is 77.7 Å². The van der Waals surface area contributed by atoms with Crippen LogP contribution in [0.1, 0.15) is 38.2 Å². The summed E-state index contributed by atoms with van der Waals surface area (Å²) in [4.78, 5) is 28.3. The first kappa shape index (κ1) is 30.3. The monoisotopic (exact) mass is 601 g/mol. The predicted octanol–water partition coefficient (Wildman–Crippen LogP) is 5.16. The summed E-state index contributed by atoms with van der Waals surface area (Å²) in [5, 5.41) is 3.26. The molecule has 0 heterocycles. The molecule has 1 fully saturated rings. The van der Waals surface area contributed by atoms with Crippen molar-refractivity contribution in [2.75, 3.05) is 18.0 Å². The molecule has 2 amide bonds. The Labute approximate surface area is 245 Å². The fraction of sp³-hybridized carbons (Fsp3) is 0.333. The van der Waals surface area contributed by atoms with Crippen LogP contribution in [0.3, 0.4) is 0 Å². The van der Waals surface area contributed by atoms with Crippen molar-refractivity contribution in [2.24, 2.45) is 0 Å². The van der Waals surface area contributed by atoms with E-state index in [1.807, 2.05) is 0 Å². The summed E-state index contributed by atoms with van der Waals surface area (Å²) in [5.41, 5.74) is 0.365. The number of hydrogen-bond acceptors (Lipinski definition) is 5. The first-order valence-corrected chi connectivity index (χ1v) is 15.2. The minimum Gasteiger partial charge on any atom is -0.497 e. The Balaban J connectivity index is 1.69. The number of anilines is 1. The molecule has 1 N–H and O–H groups in total. The van der Waals surface area contributed by atoms with E-state index in [1.54, 1.807) is 25.1 Å². The zero-order chi connectivity index (χ0) is 29.6. The van der Waals surface area contributed by atoms with Gasteiger partial charge in [0.25, 0.3) is 10.0 Å². The van der Waals surface area contributed by atoms with Gasteiger partial charge in [0.05, 0.1) is 17.7 Å². The Kier molecular flexibility index (Phi) is 9.88. The number of halogens is 2. The number of carbonyl (C=O) groups is 2. The first-order valence-electron chi connectivity index (χ1n) is 13.4. The van der Waals surface area contributed by atoms with E-state index in [0.717, 1.165) is 30.0 Å². The number of methoxy groups -OCH3 is 1. The Bertz CT molecular complexity index is 1480. The summed E-state index contributed by atoms with van der Waals surface area (Å²) >= 11 is 6.19. The number of rotatable bonds is 11. The Morgan fingerprint density at radius 2 is 1.73 bits per heavy atom. The highest BCUT2D eigenvalue weighted by molar-refractivity contribution is 7.92. The number of nitrogens with one attached hydrogen (secondary N) is 1. The molecule has 1 aliphatic carbocycles. The van der Waals surface area contributed by atoms with Crippen molar-refractivity contribution < 1.29 is 27.1 Å². The van der Waals surface area contributed by atoms with Gasteiger partial charge in [0, 0.05) is 23.2 Å². The number of hydrogen-bond donors (Lipinski definition) is 1. The predicted molar refractivity (Wildman–Crippen MR) is 156 cm³/mol. The highest BCUT2D eigenvalue weighted by Gasteiger charge is 2.33. The third-order valence-corrected chi connectivity index (χ3v) is 9.21. The molecule has 0 bridgehead atoms. The second kappa shape index (κ2) is 13.4. The molecular weight excluding hydrogens is 569 g/mol. The second-order valence-corrected chi connectivity index (χ2v) is 12.2. The van der Waals surface area contributed by atoms with Crippen LogP contribution in [0.4, 0.5) is 10.1 Å². The number of benzene rings is 3. The fourth-order valence-corrected chi connectivity index (χ4v) is 6.41. The maximum atomic E-state index is 14.7. The zero-order valence-electron chi connectivity index (χ0n) is 22.9. The average Bonchev–Trinajstić information content (AvgIpc) is 3.48. The second-order valence-electron chi connectivity index (χ2n) is 9.95. The van der Waals surface area contributed by atoms with Gasteiger partial charge in [-0.3, -0.25) is 13.9 Å². The number of amides is 2. The van der Waals surface area contributed by atoms with Crippen LogP contribution in [0.2, 0.25) is 5.02 Å². The average molecular weight is 602 g/mol. The smallest absolute Gasteiger partial charge is 0.264 e. The van der Waals surface area contributed by atoms with Crippen molar-refractivity contribution in [3.05, 3.63) is 89.2 Å². The van der Waals surface area contributed by atoms with Gasteiger partial charge in [0.15, 0.2) is 0 Å². The van der Waals surface area contributed by atoms with Gasteiger partial charge in [-0.15, -0.1) is 0 Å². The van der Waals surface area contributed by atoms with Gasteiger partial charge < -0.3 is 15.0 Å². The summed E-state index contributed by atoms with van der Waals surface area (Å²) in [6.45, 7) is 0.686. The molecule has 0 spiro atoms. The van der Waals surface area contributed by atoms with Crippen LogP contribution in [0.5, 0.6) is 5.75 Å². The van der Waals surface area contributed by atoms with Crippen molar-refractivity contribution in [1.82, 2.24) is 10.2 Å². The van der Waals surface area contributed by atoms with Crippen molar-refractivity contribution in [3.63, 3.8) is 0 Å². The van der Waals surface area contributed by atoms with E-state index in [4.69, 9.17) is 16.3 Å². The first-order chi connectivity index (χ1) is 19.6. The Hall–Kier alpha value is -3.63. The number of carbonyl (C=O) groups excluding carboxylic acids is 2. The van der Waals surface area contributed by atoms with Crippen molar-refractivity contribution in [2.45, 2.75) is 56.1 Å². The summed E-state index contributed by atoms with van der Waals surface area (Å²) in [7, 11) is -2.81. The molecule has 3 aromatic carbocycles. The van der Waals surface area contributed by atoms with E-state index in [9.17, 15) is 22.4 Å². The van der Waals surface area contributed by atoms with Crippen LogP contribution >= 0.6 is 11.6 Å². The van der Waals surface area contributed by atoms with Crippen LogP contribution in [0, 0.1) is 5.82 Å². The molecule has 1 atom stereocenters. The molecule has 8 nitrogen and oxygen atoms in total. The SMILES string of the molecule is COc1ccc(S(=O)(=O)N(CC(=O)N(Cc2ccccc2F)[C@@H](C)C(=O)NC2CCCC2)c2cccc(Cl)c2)cc1. The molecule has 41 heavy (non-hydrogen) atoms. The lowest BCUT2D eigenvalue weighted by Crippen LogP contribution is -2.52. The topological polar surface area (TPSA) is 96.0 Å². The molecular formula is C30H33ClFN3O5S. The lowest BCUT2D eigenvalue weighted by Gasteiger charge is -2.32. The molecule has 0 unspecified atom stereocenters. The number of ether oxygens (including phenoxy) is 1. The van der Waals surface area contributed by atoms with Crippen LogP contribution in [-0.4, -0.2) is 50.9 Å². The van der Waals surface area contributed by atoms with E-state index in [0.29, 0.717) is 5.75 Å². The summed E-state index contributed by atoms with van der Waals surface area (Å²) < 4.78 is 48.5. The molecule has 0 aliphatic heterocycles. The molecule has 1 aliphatic rings. The lowest BCUT2D eigenvalue weighted by molar-refractivity contribution is -0.139. The third kappa shape index (κ3) is 7.37. The van der Waals surface area contributed by atoms with Gasteiger partial charge in [0.2, 0.25) is 11.8 Å². The van der Waals surface area contributed by atoms with Crippen LogP contribution in [0.25, 0.3) is 0 Å². The van der Waals surface area contributed by atoms with E-state index >= 15 is 0 Å². The molecule has 0 radical (unpaired) electrons. The van der Waals surface area contributed by atoms with Crippen LogP contribution in [-0.2, 0) is 26.2 Å². The van der Waals surface area contributed by atoms with Gasteiger partial charge in [-0.05, 0) is 68.3 Å². The largest absolute Gasteiger partial charge is 0.497 e. The van der Waals surface area contributed by atoms with Crippen molar-refractivity contribution in [3.8, 4) is 5.75 Å². The summed E-state index contributed by atoms with van der Waals surface area (Å²) in [6, 6.07) is 16.9. The minimum atomic E-state index is -4.27. The fourth-order valence-electron chi connectivity index (χ4n) is 4.82. The van der Waals surface area contributed by atoms with E-state index in [2.05, 4.69) is 5.32 Å². The van der Waals surface area contributed by atoms with Gasteiger partial charge in [-0.25, -0.2) is 12.8 Å². The molecule has 218 valence electrons. The molecule has 3 aromatic rings. The van der Waals surface area contributed by atoms with E-state index in [-0.39, 0.29) is 39.7 Å². The van der Waals surface area contributed by atoms with Crippen LogP contribution < -0.4 is 14.4 Å². The number of nitrogens with zero attached hydrogens (tertiary/aromatic N) is 2. The lowest BCUT2D eigenvalue weighted by atomic mass is 10.1. The van der Waals surface area contributed by atoms with Gasteiger partial charge in [-0.1, -0.05) is 48.7 Å². The van der Waals surface area contributed by atoms with Gasteiger partial charge >= 0.3 is 0 Å². The van der Waals surface area contributed by atoms with Crippen molar-refractivity contribution >= 4 is 39.1 Å². The highest BCUT2D eigenvalue weighted by Crippen LogP contribution is 2.28. The third-order valence-electron chi connectivity index (χ3n) is 7.19. The summed E-state index contributed by atoms with van der Waals surface area (Å²) in [6.07, 6.45) is 3.72. The maximum Gasteiger partial charge on any atom is 0.264 e. The van der Waals surface area contributed by atoms with E-state index in [1.165, 1.54) is 66.6 Å². The quantitative estimate of drug-likeness (QED) is 0.328. The zero-order valence-corrected chi connectivity index (χ0v) is 24.5. The normalized spacial score (nSPS) is 14.3. The molecule has 0 saturated heterocycles. The van der Waals surface area contributed by atoms with Crippen molar-refractivity contribution in [1.29, 1.82) is 0 Å². The molecule has 1 saturated carbocycles. The highest BCUT2D eigenvalue weighted by atomic mass is 35.5. The molecule has 4 rings (SSSR count). The Morgan fingerprint density at radius 3 is 2.37 bits per heavy atom. The van der Waals surface area contributed by atoms with Gasteiger partial charge in [-0.2, -0.15) is 0 Å². The number of sulfonamides is 1. The standard InChI is InChI=1S/C30H33ClFN3O5S/c1-21(30(37)33-24-10-4-5-11-24)34(19-22-8-3-6-13-28(22)32)29(36)20-35(25-12-7-9-23(31)18-25)41(38,39)27-16-14-26(40-2)15-17-27/h3,6-9,12-18,21,24H,4-5,10-11,19-20H2,1-2H3,(H,33,37)/t21-/m0/s1. The van der Waals surface area contributed by atoms with Gasteiger partial charge in [0.1, 0.15) is 24.2 Å². The van der Waals surface area contributed by atoms with E-state index < -0.39 is 34.3 Å². The molecule has 11 heteroatoms. The Morgan fingerprint density at radius 1 is 1.05 bits per heavy atom. The minimum absolute atomic E-state index is 0.00812. The summed E-state index contributed by atoms with van der Waals surface area (Å²) in [5.74, 6) is -1.13. The molecule has 0 aromatic heterocycles. The maximum absolute atomic E-state index is 14.7.